The number of aromatic nitrogens is 3. The molecule has 1 aromatic rings. The molecule has 0 bridgehead atoms. The van der Waals surface area contributed by atoms with Crippen LogP contribution in [0.15, 0.2) is 52.5 Å². The Morgan fingerprint density at radius 2 is 1.78 bits per heavy atom. The van der Waals surface area contributed by atoms with Crippen LogP contribution < -0.4 is 5.32 Å². The van der Waals surface area contributed by atoms with Crippen molar-refractivity contribution in [2.24, 2.45) is 38.9 Å². The number of rotatable bonds is 9. The van der Waals surface area contributed by atoms with Crippen molar-refractivity contribution < 1.29 is 23.9 Å². The SMILES string of the molecule is COC(=O)[C@]1(C)CC[C@]2(C)CC[C@]3(C)C4=CC=C5C(=CC(=O)C(OCC(=O)NCc6cn(CCC(C)C)nn6)=C5C)[C@]4(C)CC[C@@]3(C)[C@@H]2C1. The van der Waals surface area contributed by atoms with Gasteiger partial charge >= 0.3 is 5.97 Å². The summed E-state index contributed by atoms with van der Waals surface area (Å²) in [5, 5.41) is 11.1. The van der Waals surface area contributed by atoms with E-state index in [1.807, 2.05) is 13.1 Å². The summed E-state index contributed by atoms with van der Waals surface area (Å²) in [5.74, 6) is 0.597. The molecule has 3 fully saturated rings. The Morgan fingerprint density at radius 3 is 2.49 bits per heavy atom. The van der Waals surface area contributed by atoms with E-state index in [4.69, 9.17) is 9.47 Å². The minimum absolute atomic E-state index is 0.000423. The van der Waals surface area contributed by atoms with E-state index >= 15 is 0 Å². The van der Waals surface area contributed by atoms with Gasteiger partial charge in [-0.05, 0) is 111 Å². The molecule has 266 valence electrons. The van der Waals surface area contributed by atoms with Gasteiger partial charge in [-0.3, -0.25) is 19.1 Å². The molecule has 9 nitrogen and oxygen atoms in total. The number of aryl methyl sites for hydroxylation is 1. The van der Waals surface area contributed by atoms with Crippen molar-refractivity contribution in [1.29, 1.82) is 0 Å². The monoisotopic (exact) mass is 672 g/mol. The van der Waals surface area contributed by atoms with Crippen LogP contribution in [-0.2, 0) is 36.9 Å². The van der Waals surface area contributed by atoms with Crippen LogP contribution in [0.1, 0.15) is 112 Å². The standard InChI is InChI=1S/C40H56N4O5/c1-25(2)12-19-44-23-27(42-43-44)22-41-33(46)24-49-34-26(3)28-10-11-31-38(6,29(28)20-30(34)45)16-18-40(8)32-21-37(5,35(47)48-9)14-13-36(32,4)15-17-39(31,40)7/h10-11,20,23,25,32H,12-19,21-22,24H2,1-9H3,(H,41,46)/t32-,36-,37-,38+,39-,40+/m1/s1. The first-order valence-corrected chi connectivity index (χ1v) is 18.3. The van der Waals surface area contributed by atoms with Gasteiger partial charge in [-0.1, -0.05) is 64.5 Å². The van der Waals surface area contributed by atoms with E-state index in [0.29, 0.717) is 17.5 Å². The molecule has 1 N–H and O–H groups in total. The molecule has 1 heterocycles. The smallest absolute Gasteiger partial charge is 0.311 e. The van der Waals surface area contributed by atoms with E-state index in [1.165, 1.54) is 12.7 Å². The zero-order chi connectivity index (χ0) is 35.6. The highest BCUT2D eigenvalue weighted by atomic mass is 16.5. The number of hydrogen-bond donors (Lipinski definition) is 1. The van der Waals surface area contributed by atoms with E-state index in [2.05, 4.69) is 76.2 Å². The molecule has 6 atom stereocenters. The molecule has 0 unspecified atom stereocenters. The summed E-state index contributed by atoms with van der Waals surface area (Å²) in [6.07, 6.45) is 16.0. The number of fused-ring (bicyclic) bond motifs is 7. The number of carbonyl (C=O) groups excluding carboxylic acids is 3. The molecule has 9 heteroatoms. The topological polar surface area (TPSA) is 112 Å². The van der Waals surface area contributed by atoms with Gasteiger partial charge in [0, 0.05) is 17.5 Å². The number of amides is 1. The van der Waals surface area contributed by atoms with Crippen LogP contribution in [0.2, 0.25) is 0 Å². The van der Waals surface area contributed by atoms with Gasteiger partial charge in [0.15, 0.2) is 12.4 Å². The average molecular weight is 673 g/mol. The average Bonchev–Trinajstić information content (AvgIpc) is 3.52. The van der Waals surface area contributed by atoms with Crippen molar-refractivity contribution in [3.05, 3.63) is 58.2 Å². The van der Waals surface area contributed by atoms with Crippen LogP contribution in [0.4, 0.5) is 0 Å². The Balaban J connectivity index is 1.20. The lowest BCUT2D eigenvalue weighted by Crippen LogP contribution is -2.62. The van der Waals surface area contributed by atoms with Crippen LogP contribution in [-0.4, -0.2) is 46.4 Å². The highest BCUT2D eigenvalue weighted by molar-refractivity contribution is 6.07. The quantitative estimate of drug-likeness (QED) is 0.276. The van der Waals surface area contributed by atoms with Gasteiger partial charge in [-0.25, -0.2) is 0 Å². The summed E-state index contributed by atoms with van der Waals surface area (Å²) >= 11 is 0. The third kappa shape index (κ3) is 5.73. The Kier molecular flexibility index (Phi) is 8.93. The summed E-state index contributed by atoms with van der Waals surface area (Å²) in [7, 11) is 1.52. The molecule has 0 radical (unpaired) electrons. The van der Waals surface area contributed by atoms with Gasteiger partial charge < -0.3 is 14.8 Å². The zero-order valence-electron chi connectivity index (χ0n) is 31.1. The van der Waals surface area contributed by atoms with Crippen molar-refractivity contribution in [3.8, 4) is 0 Å². The fourth-order valence-electron chi connectivity index (χ4n) is 10.4. The molecule has 0 saturated heterocycles. The van der Waals surface area contributed by atoms with Crippen molar-refractivity contribution in [2.75, 3.05) is 13.7 Å². The molecule has 49 heavy (non-hydrogen) atoms. The van der Waals surface area contributed by atoms with Gasteiger partial charge in [0.05, 0.1) is 25.3 Å². The second kappa shape index (κ2) is 12.4. The highest BCUT2D eigenvalue weighted by Gasteiger charge is 2.67. The largest absolute Gasteiger partial charge is 0.479 e. The molecular formula is C40H56N4O5. The maximum atomic E-state index is 13.7. The molecule has 0 spiro atoms. The van der Waals surface area contributed by atoms with Crippen molar-refractivity contribution in [2.45, 2.75) is 120 Å². The fraction of sp³-hybridized carbons (Fsp3) is 0.675. The molecule has 1 amide bonds. The van der Waals surface area contributed by atoms with E-state index in [1.54, 1.807) is 10.8 Å². The third-order valence-corrected chi connectivity index (χ3v) is 13.9. The molecular weight excluding hydrogens is 616 g/mol. The number of allylic oxidation sites excluding steroid dienone is 7. The predicted molar refractivity (Wildman–Crippen MR) is 188 cm³/mol. The molecule has 5 aliphatic carbocycles. The first-order chi connectivity index (χ1) is 23.0. The van der Waals surface area contributed by atoms with E-state index in [0.717, 1.165) is 74.6 Å². The van der Waals surface area contributed by atoms with Crippen LogP contribution in [0.3, 0.4) is 0 Å². The van der Waals surface area contributed by atoms with Gasteiger partial charge in [0.2, 0.25) is 5.78 Å². The molecule has 1 aromatic heterocycles. The highest BCUT2D eigenvalue weighted by Crippen LogP contribution is 2.75. The Bertz CT molecular complexity index is 1680. The second-order valence-corrected chi connectivity index (χ2v) is 17.3. The van der Waals surface area contributed by atoms with Crippen molar-refractivity contribution >= 4 is 17.7 Å². The fourth-order valence-corrected chi connectivity index (χ4v) is 10.4. The lowest BCUT2D eigenvalue weighted by atomic mass is 9.34. The van der Waals surface area contributed by atoms with E-state index in [9.17, 15) is 14.4 Å². The maximum absolute atomic E-state index is 13.7. The van der Waals surface area contributed by atoms with Crippen molar-refractivity contribution in [1.82, 2.24) is 20.3 Å². The van der Waals surface area contributed by atoms with Crippen LogP contribution in [0.5, 0.6) is 0 Å². The number of esters is 1. The Labute approximate surface area is 292 Å². The lowest BCUT2D eigenvalue weighted by Gasteiger charge is -2.70. The van der Waals surface area contributed by atoms with Crippen LogP contribution >= 0.6 is 0 Å². The summed E-state index contributed by atoms with van der Waals surface area (Å²) < 4.78 is 13.0. The predicted octanol–water partition coefficient (Wildman–Crippen LogP) is 7.20. The number of methoxy groups -OCH3 is 1. The first-order valence-electron chi connectivity index (χ1n) is 18.3. The summed E-state index contributed by atoms with van der Waals surface area (Å²) in [6, 6.07) is 0. The van der Waals surface area contributed by atoms with Crippen LogP contribution in [0, 0.1) is 38.9 Å². The van der Waals surface area contributed by atoms with Gasteiger partial charge in [-0.15, -0.1) is 5.10 Å². The lowest BCUT2D eigenvalue weighted by molar-refractivity contribution is -0.180. The molecule has 0 aliphatic heterocycles. The van der Waals surface area contributed by atoms with Crippen molar-refractivity contribution in [3.63, 3.8) is 0 Å². The zero-order valence-corrected chi connectivity index (χ0v) is 31.1. The minimum Gasteiger partial charge on any atom is -0.479 e. The number of hydrogen-bond acceptors (Lipinski definition) is 7. The first kappa shape index (κ1) is 35.3. The Morgan fingerprint density at radius 1 is 1.04 bits per heavy atom. The van der Waals surface area contributed by atoms with Gasteiger partial charge in [0.25, 0.3) is 5.91 Å². The minimum atomic E-state index is -0.463. The molecule has 6 rings (SSSR count). The number of ether oxygens (including phenoxy) is 2. The second-order valence-electron chi connectivity index (χ2n) is 17.3. The molecule has 3 saturated carbocycles. The Hall–Kier alpha value is -3.49. The number of nitrogens with zero attached hydrogens (tertiary/aromatic N) is 3. The summed E-state index contributed by atoms with van der Waals surface area (Å²) in [6.45, 7) is 18.8. The molecule has 5 aliphatic rings. The van der Waals surface area contributed by atoms with Gasteiger partial charge in [-0.2, -0.15) is 0 Å². The normalized spacial score (nSPS) is 35.3. The van der Waals surface area contributed by atoms with E-state index in [-0.39, 0.29) is 58.2 Å². The van der Waals surface area contributed by atoms with Crippen LogP contribution in [0.25, 0.3) is 0 Å². The number of nitrogens with one attached hydrogen (secondary N) is 1. The summed E-state index contributed by atoms with van der Waals surface area (Å²) in [5.41, 5.74) is 4.28. The number of carbonyl (C=O) groups is 3. The third-order valence-electron chi connectivity index (χ3n) is 13.9. The molecule has 0 aromatic carbocycles. The maximum Gasteiger partial charge on any atom is 0.311 e. The van der Waals surface area contributed by atoms with Gasteiger partial charge in [0.1, 0.15) is 5.69 Å². The van der Waals surface area contributed by atoms with E-state index < -0.39 is 5.41 Å². The number of ketones is 1. The summed E-state index contributed by atoms with van der Waals surface area (Å²) in [4.78, 5) is 39.5.